The number of ketones is 1. The van der Waals surface area contributed by atoms with Gasteiger partial charge in [-0.2, -0.15) is 0 Å². The molecule has 1 N–H and O–H groups in total. The average molecular weight is 244 g/mol. The maximum absolute atomic E-state index is 11.5. The number of sulfone groups is 1. The van der Waals surface area contributed by atoms with Crippen LogP contribution in [0.4, 0.5) is 0 Å². The van der Waals surface area contributed by atoms with E-state index in [2.05, 4.69) is 0 Å². The molecule has 6 heteroatoms. The number of rotatable bonds is 4. The van der Waals surface area contributed by atoms with Crippen molar-refractivity contribution in [1.29, 1.82) is 0 Å². The first kappa shape index (κ1) is 12.6. The molecule has 0 aromatic heterocycles. The first-order chi connectivity index (χ1) is 7.30. The molecule has 16 heavy (non-hydrogen) atoms. The topological polar surface area (TPSA) is 88.5 Å². The van der Waals surface area contributed by atoms with Gasteiger partial charge in [0.2, 0.25) is 0 Å². The van der Waals surface area contributed by atoms with E-state index in [1.54, 1.807) is 0 Å². The zero-order chi connectivity index (χ0) is 12.3. The van der Waals surface area contributed by atoms with Crippen molar-refractivity contribution in [1.82, 2.24) is 0 Å². The molecule has 0 saturated carbocycles. The zero-order valence-corrected chi connectivity index (χ0v) is 9.53. The summed E-state index contributed by atoms with van der Waals surface area (Å²) in [6.45, 7) is 0. The maximum Gasteiger partial charge on any atom is 0.303 e. The Labute approximate surface area is 93.4 Å². The Morgan fingerprint density at radius 1 is 1.50 bits per heavy atom. The summed E-state index contributed by atoms with van der Waals surface area (Å²) >= 11 is 0. The highest BCUT2D eigenvalue weighted by atomic mass is 32.2. The van der Waals surface area contributed by atoms with Crippen LogP contribution < -0.4 is 0 Å². The second-order valence-corrected chi connectivity index (χ2v) is 5.64. The van der Waals surface area contributed by atoms with Gasteiger partial charge in [0, 0.05) is 24.7 Å². The highest BCUT2D eigenvalue weighted by Crippen LogP contribution is 2.20. The smallest absolute Gasteiger partial charge is 0.303 e. The van der Waals surface area contributed by atoms with Gasteiger partial charge < -0.3 is 5.11 Å². The van der Waals surface area contributed by atoms with E-state index in [4.69, 9.17) is 5.11 Å². The van der Waals surface area contributed by atoms with Crippen LogP contribution in [0, 0.1) is 5.92 Å². The van der Waals surface area contributed by atoms with Crippen LogP contribution in [-0.2, 0) is 19.4 Å². The van der Waals surface area contributed by atoms with Gasteiger partial charge in [0.25, 0.3) is 0 Å². The summed E-state index contributed by atoms with van der Waals surface area (Å²) in [6.07, 6.45) is 4.96. The summed E-state index contributed by atoms with van der Waals surface area (Å²) in [5.41, 5.74) is 0. The lowest BCUT2D eigenvalue weighted by Gasteiger charge is -2.13. The van der Waals surface area contributed by atoms with Gasteiger partial charge in [0.1, 0.15) is 0 Å². The van der Waals surface area contributed by atoms with E-state index in [1.165, 1.54) is 12.2 Å². The third-order valence-electron chi connectivity index (χ3n) is 2.24. The molecular formula is C10H12O5S. The quantitative estimate of drug-likeness (QED) is 0.779. The highest BCUT2D eigenvalue weighted by molar-refractivity contribution is 7.94. The molecule has 0 aromatic carbocycles. The van der Waals surface area contributed by atoms with E-state index in [1.807, 2.05) is 0 Å². The number of carbonyl (C=O) groups is 2. The van der Waals surface area contributed by atoms with Gasteiger partial charge in [-0.3, -0.25) is 9.59 Å². The van der Waals surface area contributed by atoms with Crippen LogP contribution in [0.3, 0.4) is 0 Å². The van der Waals surface area contributed by atoms with E-state index in [9.17, 15) is 18.0 Å². The Morgan fingerprint density at radius 2 is 2.12 bits per heavy atom. The molecule has 0 radical (unpaired) electrons. The number of carboxylic acid groups (broad SMARTS) is 1. The molecule has 1 rings (SSSR count). The lowest BCUT2D eigenvalue weighted by molar-refractivity contribution is -0.137. The van der Waals surface area contributed by atoms with Crippen LogP contribution in [0.5, 0.6) is 0 Å². The average Bonchev–Trinajstić information content (AvgIpc) is 2.14. The van der Waals surface area contributed by atoms with Gasteiger partial charge in [-0.25, -0.2) is 8.42 Å². The minimum atomic E-state index is -3.38. The fourth-order valence-electron chi connectivity index (χ4n) is 1.35. The first-order valence-corrected chi connectivity index (χ1v) is 6.55. The monoisotopic (exact) mass is 244 g/mol. The summed E-state index contributed by atoms with van der Waals surface area (Å²) in [4.78, 5) is 21.8. The predicted molar refractivity (Wildman–Crippen MR) is 57.4 cm³/mol. The van der Waals surface area contributed by atoms with Crippen molar-refractivity contribution in [3.05, 3.63) is 23.1 Å². The standard InChI is InChI=1S/C10H12O5S/c1-16(14,15)8-4-2-7(9(11)6-8)3-5-10(12)13/h2,4,6-7H,3,5H2,1H3,(H,12,13). The summed E-state index contributed by atoms with van der Waals surface area (Å²) in [6, 6.07) is 0. The van der Waals surface area contributed by atoms with Crippen LogP contribution in [-0.4, -0.2) is 31.5 Å². The summed E-state index contributed by atoms with van der Waals surface area (Å²) < 4.78 is 22.3. The zero-order valence-electron chi connectivity index (χ0n) is 8.71. The minimum absolute atomic E-state index is 0.0240. The van der Waals surface area contributed by atoms with Crippen molar-refractivity contribution in [2.75, 3.05) is 6.26 Å². The lowest BCUT2D eigenvalue weighted by Crippen LogP contribution is -2.17. The Bertz CT molecular complexity index is 469. The fourth-order valence-corrected chi connectivity index (χ4v) is 2.01. The fraction of sp³-hybridized carbons (Fsp3) is 0.400. The number of hydrogen-bond acceptors (Lipinski definition) is 4. The molecule has 1 aliphatic carbocycles. The van der Waals surface area contributed by atoms with Crippen molar-refractivity contribution in [2.45, 2.75) is 12.8 Å². The van der Waals surface area contributed by atoms with Crippen LogP contribution in [0.25, 0.3) is 0 Å². The van der Waals surface area contributed by atoms with Crippen molar-refractivity contribution >= 4 is 21.6 Å². The van der Waals surface area contributed by atoms with E-state index in [-0.39, 0.29) is 23.5 Å². The van der Waals surface area contributed by atoms with Crippen LogP contribution in [0.15, 0.2) is 23.1 Å². The third kappa shape index (κ3) is 3.30. The Hall–Kier alpha value is -1.43. The van der Waals surface area contributed by atoms with Gasteiger partial charge in [-0.1, -0.05) is 6.08 Å². The predicted octanol–water partition coefficient (Wildman–Crippen LogP) is 0.535. The van der Waals surface area contributed by atoms with Gasteiger partial charge in [0.05, 0.1) is 4.91 Å². The molecule has 0 amide bonds. The van der Waals surface area contributed by atoms with Crippen LogP contribution in [0.2, 0.25) is 0 Å². The summed E-state index contributed by atoms with van der Waals surface area (Å²) in [7, 11) is -3.38. The summed E-state index contributed by atoms with van der Waals surface area (Å²) in [5.74, 6) is -1.86. The van der Waals surface area contributed by atoms with Crippen molar-refractivity contribution < 1.29 is 23.1 Å². The van der Waals surface area contributed by atoms with E-state index in [0.717, 1.165) is 12.3 Å². The Morgan fingerprint density at radius 3 is 2.56 bits per heavy atom. The van der Waals surface area contributed by atoms with E-state index in [0.29, 0.717) is 0 Å². The third-order valence-corrected chi connectivity index (χ3v) is 3.35. The normalized spacial score (nSPS) is 20.7. The summed E-state index contributed by atoms with van der Waals surface area (Å²) in [5, 5.41) is 8.46. The molecule has 1 aliphatic rings. The molecule has 0 fully saturated rings. The Balaban J connectivity index is 2.75. The largest absolute Gasteiger partial charge is 0.481 e. The second kappa shape index (κ2) is 4.61. The molecule has 5 nitrogen and oxygen atoms in total. The van der Waals surface area contributed by atoms with Crippen molar-refractivity contribution in [2.24, 2.45) is 5.92 Å². The van der Waals surface area contributed by atoms with Gasteiger partial charge in [0.15, 0.2) is 15.6 Å². The first-order valence-electron chi connectivity index (χ1n) is 4.66. The minimum Gasteiger partial charge on any atom is -0.481 e. The van der Waals surface area contributed by atoms with E-state index < -0.39 is 21.7 Å². The Kier molecular flexibility index (Phi) is 3.64. The van der Waals surface area contributed by atoms with Gasteiger partial charge >= 0.3 is 5.97 Å². The molecule has 88 valence electrons. The molecule has 1 atom stereocenters. The van der Waals surface area contributed by atoms with E-state index >= 15 is 0 Å². The number of carboxylic acids is 1. The molecule has 0 spiro atoms. The van der Waals surface area contributed by atoms with Gasteiger partial charge in [-0.05, 0) is 12.5 Å². The molecule has 0 heterocycles. The second-order valence-electron chi connectivity index (χ2n) is 3.62. The number of hydrogen-bond donors (Lipinski definition) is 1. The highest BCUT2D eigenvalue weighted by Gasteiger charge is 2.22. The molecular weight excluding hydrogens is 232 g/mol. The molecule has 0 saturated heterocycles. The number of aliphatic carboxylic acids is 1. The molecule has 0 aliphatic heterocycles. The van der Waals surface area contributed by atoms with Gasteiger partial charge in [-0.15, -0.1) is 0 Å². The maximum atomic E-state index is 11.5. The lowest BCUT2D eigenvalue weighted by atomic mass is 9.94. The van der Waals surface area contributed by atoms with Crippen molar-refractivity contribution in [3.63, 3.8) is 0 Å². The molecule has 0 aromatic rings. The molecule has 0 bridgehead atoms. The SMILES string of the molecule is CS(=O)(=O)C1=CC(=O)C(CCC(=O)O)C=C1. The van der Waals surface area contributed by atoms with Crippen molar-refractivity contribution in [3.8, 4) is 0 Å². The number of allylic oxidation sites excluding steroid dienone is 3. The van der Waals surface area contributed by atoms with Crippen LogP contribution in [0.1, 0.15) is 12.8 Å². The van der Waals surface area contributed by atoms with Crippen LogP contribution >= 0.6 is 0 Å². The number of carbonyl (C=O) groups excluding carboxylic acids is 1. The molecule has 1 unspecified atom stereocenters.